The fourth-order valence-corrected chi connectivity index (χ4v) is 10.9. The molecule has 492 valence electrons. The fourth-order valence-electron chi connectivity index (χ4n) is 10.9. The maximum absolute atomic E-state index is 15.4. The highest BCUT2D eigenvalue weighted by molar-refractivity contribution is 6.07. The average molecular weight is 1270 g/mol. The van der Waals surface area contributed by atoms with Crippen LogP contribution in [0.1, 0.15) is 77.8 Å². The van der Waals surface area contributed by atoms with Crippen LogP contribution in [-0.4, -0.2) is 233 Å². The van der Waals surface area contributed by atoms with Gasteiger partial charge in [0, 0.05) is 58.8 Å². The van der Waals surface area contributed by atoms with Gasteiger partial charge in [-0.2, -0.15) is 0 Å². The van der Waals surface area contributed by atoms with Crippen LogP contribution in [0.15, 0.2) is 66.6 Å². The van der Waals surface area contributed by atoms with E-state index in [1.54, 1.807) is 61.7 Å². The molecule has 2 aromatic carbocycles. The lowest BCUT2D eigenvalue weighted by molar-refractivity contribution is -0.162. The van der Waals surface area contributed by atoms with E-state index in [-0.39, 0.29) is 19.4 Å². The minimum atomic E-state index is -2.19. The number of esters is 1. The number of carbonyl (C=O) groups excluding carboxylic acids is 11. The number of carbonyl (C=O) groups is 12. The number of carboxylic acids is 1. The van der Waals surface area contributed by atoms with Gasteiger partial charge in [0.25, 0.3) is 5.91 Å². The van der Waals surface area contributed by atoms with E-state index in [1.807, 2.05) is 5.32 Å². The van der Waals surface area contributed by atoms with Crippen LogP contribution in [0.4, 0.5) is 0 Å². The zero-order chi connectivity index (χ0) is 66.9. The van der Waals surface area contributed by atoms with E-state index < -0.39 is 200 Å². The van der Waals surface area contributed by atoms with Gasteiger partial charge in [0.2, 0.25) is 53.2 Å². The van der Waals surface area contributed by atoms with Gasteiger partial charge in [-0.25, -0.2) is 4.79 Å². The monoisotopic (exact) mass is 1270 g/mol. The van der Waals surface area contributed by atoms with Gasteiger partial charge in [0.05, 0.1) is 50.0 Å². The summed E-state index contributed by atoms with van der Waals surface area (Å²) >= 11 is 0. The van der Waals surface area contributed by atoms with Gasteiger partial charge in [-0.15, -0.1) is 0 Å². The number of aliphatic carboxylic acids is 1. The molecule has 0 bridgehead atoms. The van der Waals surface area contributed by atoms with Crippen LogP contribution in [0, 0.1) is 5.92 Å². The minimum absolute atomic E-state index is 0.166. The van der Waals surface area contributed by atoms with Crippen LogP contribution in [0.3, 0.4) is 0 Å². The van der Waals surface area contributed by atoms with Crippen LogP contribution >= 0.6 is 0 Å². The highest BCUT2D eigenvalue weighted by Gasteiger charge is 2.48. The Bertz CT molecular complexity index is 3460. The Balaban J connectivity index is 1.33. The van der Waals surface area contributed by atoms with E-state index in [0.29, 0.717) is 32.9 Å². The van der Waals surface area contributed by atoms with Crippen molar-refractivity contribution < 1.29 is 92.9 Å². The van der Waals surface area contributed by atoms with Crippen molar-refractivity contribution in [2.75, 3.05) is 26.2 Å². The van der Waals surface area contributed by atoms with Crippen LogP contribution in [0.2, 0.25) is 0 Å². The van der Waals surface area contributed by atoms with Crippen molar-refractivity contribution >= 4 is 98.9 Å². The number of amides is 10. The van der Waals surface area contributed by atoms with E-state index in [2.05, 4.69) is 47.2 Å². The number of rotatable bonds is 13. The quantitative estimate of drug-likeness (QED) is 0.0440. The predicted molar refractivity (Wildman–Crippen MR) is 319 cm³/mol. The number of benzene rings is 2. The maximum atomic E-state index is 15.4. The molecule has 0 radical (unpaired) electrons. The number of hydrogen-bond donors (Lipinski definition) is 17. The van der Waals surface area contributed by atoms with Crippen LogP contribution in [0.25, 0.3) is 27.9 Å². The molecular formula is C59H77N13O19. The topological polar surface area (TPSA) is 496 Å². The summed E-state index contributed by atoms with van der Waals surface area (Å²) < 4.78 is 5.75. The first-order valence-corrected chi connectivity index (χ1v) is 29.4. The number of nitrogens with one attached hydrogen (secondary N) is 10. The predicted octanol–water partition coefficient (Wildman–Crippen LogP) is -4.98. The number of fused-ring (bicyclic) bond motifs is 4. The molecule has 10 amide bonds. The van der Waals surface area contributed by atoms with Crippen molar-refractivity contribution in [2.45, 2.75) is 152 Å². The third kappa shape index (κ3) is 16.2. The Morgan fingerprint density at radius 1 is 0.714 bits per heavy atom. The lowest BCUT2D eigenvalue weighted by Gasteiger charge is -2.33. The standard InChI is InChI=1S/C59H77N13O19/c1-25(2)49(80)46-56(87)67-43(26(3)33-22-62-36-14-10-8-12-32(33)36)53(84)65-37(19-30-21-61-35-13-9-7-11-31(30)35)58(89)72-18-16-40(76)48(72)59(90)91-29(6)45(69-52(83)38(24-73)66-51(82)34(60)20-42(78)79)55(86)68-44(28(5)74)54(85)64-27(4)50(81)63-23-41(77)71-17-15-39(75)47(71)57(88)70-46/h7-14,19,21-22,25-29,34,38-40,43-49,61-62,73-76,80H,15-18,20,23-24,60H2,1-6H3,(H,63,81)(H,64,85)(H,65,84)(H,66,82)(H,67,87)(H,68,86)(H,69,83)(H,70,88)(H,78,79)/b37-19-/t26?,27-,28+,29+,34-,38-,39-,40+,43-,44+,45-,46-,47-,48+,49-/m0/s1. The highest BCUT2D eigenvalue weighted by Crippen LogP contribution is 2.30. The van der Waals surface area contributed by atoms with Gasteiger partial charge in [-0.3, -0.25) is 52.7 Å². The molecule has 91 heavy (non-hydrogen) atoms. The van der Waals surface area contributed by atoms with Crippen LogP contribution in [0.5, 0.6) is 0 Å². The normalized spacial score (nSPS) is 27.0. The van der Waals surface area contributed by atoms with Crippen molar-refractivity contribution in [3.8, 4) is 0 Å². The SMILES string of the molecule is CC(c1c[nH]c2ccccc12)[C@@H]1NC(=O)[C@H]([C@@H](O)C(C)C)NC(=O)[C@@H]2[C@@H](O)CCN2C(=O)CNC(=O)[C@H](C)NC(=O)[C@@H]([C@@H](C)O)NC(=O)[C@@H](NC(=O)[C@H](CO)NC(=O)[C@@H](N)CC(=O)O)[C@@H](C)OC(=O)[C@H]2[C@H](O)CCN2C(=O)/C(=C/c2c[nH]c3ccccc23)NC1=O. The minimum Gasteiger partial charge on any atom is -0.481 e. The van der Waals surface area contributed by atoms with E-state index in [1.165, 1.54) is 26.1 Å². The molecule has 32 nitrogen and oxygen atoms in total. The van der Waals surface area contributed by atoms with Gasteiger partial charge >= 0.3 is 11.9 Å². The Morgan fingerprint density at radius 3 is 1.93 bits per heavy atom. The molecule has 3 aliphatic heterocycles. The molecule has 2 aromatic heterocycles. The zero-order valence-electron chi connectivity index (χ0n) is 50.5. The fraction of sp³-hybridized carbons (Fsp3) is 0.492. The van der Waals surface area contributed by atoms with Crippen molar-refractivity contribution in [1.29, 1.82) is 0 Å². The summed E-state index contributed by atoms with van der Waals surface area (Å²) in [6.07, 6.45) is -5.75. The first kappa shape index (κ1) is 69.1. The first-order valence-electron chi connectivity index (χ1n) is 29.4. The largest absolute Gasteiger partial charge is 0.481 e. The second-order valence-electron chi connectivity index (χ2n) is 23.1. The zero-order valence-corrected chi connectivity index (χ0v) is 50.5. The summed E-state index contributed by atoms with van der Waals surface area (Å²) in [6, 6.07) is -3.00. The summed E-state index contributed by atoms with van der Waals surface area (Å²) in [5.74, 6) is -16.5. The molecule has 15 atom stereocenters. The molecule has 0 saturated carbocycles. The van der Waals surface area contributed by atoms with E-state index >= 15 is 9.59 Å². The van der Waals surface area contributed by atoms with Gasteiger partial charge in [0.1, 0.15) is 54.1 Å². The molecular weight excluding hydrogens is 1190 g/mol. The number of ether oxygens (including phenoxy) is 1. The van der Waals surface area contributed by atoms with Crippen molar-refractivity contribution in [2.24, 2.45) is 11.7 Å². The average Bonchev–Trinajstić information content (AvgIpc) is 1.78. The molecule has 18 N–H and O–H groups in total. The molecule has 4 aromatic rings. The smallest absolute Gasteiger partial charge is 0.331 e. The summed E-state index contributed by atoms with van der Waals surface area (Å²) in [5, 5.41) is 84.7. The Hall–Kier alpha value is -9.34. The number of H-pyrrole nitrogens is 2. The Kier molecular flexibility index (Phi) is 22.8. The molecule has 3 fully saturated rings. The number of para-hydroxylation sites is 2. The van der Waals surface area contributed by atoms with Gasteiger partial charge in [-0.05, 0) is 63.3 Å². The number of hydrogen-bond acceptors (Lipinski definition) is 19. The molecule has 1 unspecified atom stereocenters. The second-order valence-corrected chi connectivity index (χ2v) is 23.1. The van der Waals surface area contributed by atoms with Crippen LogP contribution < -0.4 is 48.3 Å². The molecule has 3 saturated heterocycles. The summed E-state index contributed by atoms with van der Waals surface area (Å²) in [6.45, 7) is 5.17. The van der Waals surface area contributed by atoms with Crippen molar-refractivity contribution in [3.63, 3.8) is 0 Å². The first-order chi connectivity index (χ1) is 43.0. The molecule has 3 aliphatic rings. The lowest BCUT2D eigenvalue weighted by atomic mass is 9.91. The molecule has 7 rings (SSSR count). The number of aromatic amines is 2. The van der Waals surface area contributed by atoms with Gasteiger partial charge in [-0.1, -0.05) is 57.2 Å². The summed E-state index contributed by atoms with van der Waals surface area (Å²) in [7, 11) is 0. The third-order valence-electron chi connectivity index (χ3n) is 16.2. The number of nitrogens with two attached hydrogens (primary N) is 1. The number of cyclic esters (lactones) is 1. The molecule has 32 heteroatoms. The maximum Gasteiger partial charge on any atom is 0.331 e. The number of carboxylic acid groups (broad SMARTS) is 1. The van der Waals surface area contributed by atoms with Gasteiger partial charge in [0.15, 0.2) is 6.04 Å². The molecule has 0 spiro atoms. The summed E-state index contributed by atoms with van der Waals surface area (Å²) in [4.78, 5) is 177. The molecule has 5 heterocycles. The van der Waals surface area contributed by atoms with Crippen molar-refractivity contribution in [1.82, 2.24) is 62.3 Å². The highest BCUT2D eigenvalue weighted by atomic mass is 16.5. The summed E-state index contributed by atoms with van der Waals surface area (Å²) in [5.41, 5.74) is 7.08. The number of aromatic nitrogens is 2. The van der Waals surface area contributed by atoms with Crippen molar-refractivity contribution in [3.05, 3.63) is 77.7 Å². The van der Waals surface area contributed by atoms with Gasteiger partial charge < -0.3 is 103 Å². The Morgan fingerprint density at radius 2 is 1.30 bits per heavy atom. The van der Waals surface area contributed by atoms with E-state index in [9.17, 15) is 78.6 Å². The van der Waals surface area contributed by atoms with Crippen LogP contribution in [-0.2, 0) is 62.3 Å². The Labute approximate surface area is 519 Å². The van der Waals surface area contributed by atoms with E-state index in [0.717, 1.165) is 30.6 Å². The third-order valence-corrected chi connectivity index (χ3v) is 16.2. The lowest BCUT2D eigenvalue weighted by Crippen LogP contribution is -2.64. The van der Waals surface area contributed by atoms with E-state index in [4.69, 9.17) is 10.5 Å². The number of aliphatic hydroxyl groups excluding tert-OH is 5. The second kappa shape index (κ2) is 30.0. The molecule has 0 aliphatic carbocycles. The number of aliphatic hydroxyl groups is 5. The number of nitrogens with zero attached hydrogens (tertiary/aromatic N) is 2.